The molecule has 200 valence electrons. The van der Waals surface area contributed by atoms with Crippen molar-refractivity contribution in [3.05, 3.63) is 112 Å². The van der Waals surface area contributed by atoms with E-state index in [1.165, 1.54) is 37.3 Å². The summed E-state index contributed by atoms with van der Waals surface area (Å²) in [6, 6.07) is 15.2. The predicted octanol–water partition coefficient (Wildman–Crippen LogP) is 6.02. The van der Waals surface area contributed by atoms with Crippen LogP contribution in [0.4, 0.5) is 13.2 Å². The number of hydrogen-bond acceptors (Lipinski definition) is 6. The van der Waals surface area contributed by atoms with Crippen molar-refractivity contribution in [3.8, 4) is 11.3 Å². The molecule has 2 aromatic carbocycles. The van der Waals surface area contributed by atoms with Crippen LogP contribution in [0.25, 0.3) is 17.4 Å². The van der Waals surface area contributed by atoms with Crippen LogP contribution >= 0.6 is 38.9 Å². The first-order valence-corrected chi connectivity index (χ1v) is 13.5. The van der Waals surface area contributed by atoms with E-state index < -0.39 is 35.0 Å². The topological polar surface area (TPSA) is 73.8 Å². The molecule has 0 aliphatic carbocycles. The number of benzene rings is 2. The molecule has 1 aliphatic heterocycles. The summed E-state index contributed by atoms with van der Waals surface area (Å²) in [5.74, 6) is -0.348. The third-order valence-electron chi connectivity index (χ3n) is 5.81. The molecule has 0 bridgehead atoms. The highest BCUT2D eigenvalue weighted by Gasteiger charge is 2.45. The van der Waals surface area contributed by atoms with Crippen LogP contribution in [-0.2, 0) is 9.53 Å². The summed E-state index contributed by atoms with van der Waals surface area (Å²) >= 11 is 10.1. The number of fused-ring (bicyclic) bond motifs is 1. The van der Waals surface area contributed by atoms with Crippen molar-refractivity contribution < 1.29 is 27.1 Å². The maximum absolute atomic E-state index is 14.2. The standard InChI is InChI=1S/C27H17BrClF3N2O4S/c1-2-37-25(36)21-22(15-5-9-17(29)10-6-15)34-24(35)20(39-26(34)33-23(21)27(30,31)32)13-18-11-12-19(38-18)14-3-7-16(28)8-4-14/h3-13,22H,2H2,1H3/b20-13-/t22-/m1/s1. The van der Waals surface area contributed by atoms with Crippen LogP contribution in [0.1, 0.15) is 24.3 Å². The molecule has 2 aromatic heterocycles. The fourth-order valence-electron chi connectivity index (χ4n) is 4.13. The zero-order valence-corrected chi connectivity index (χ0v) is 23.1. The number of aromatic nitrogens is 1. The molecule has 1 atom stereocenters. The number of halogens is 5. The summed E-state index contributed by atoms with van der Waals surface area (Å²) in [6.07, 6.45) is -3.55. The van der Waals surface area contributed by atoms with Gasteiger partial charge in [0.2, 0.25) is 0 Å². The van der Waals surface area contributed by atoms with Crippen LogP contribution in [-0.4, -0.2) is 23.3 Å². The van der Waals surface area contributed by atoms with Crippen LogP contribution in [0.15, 0.2) is 90.6 Å². The highest BCUT2D eigenvalue weighted by molar-refractivity contribution is 9.10. The van der Waals surface area contributed by atoms with E-state index in [9.17, 15) is 22.8 Å². The Morgan fingerprint density at radius 1 is 1.15 bits per heavy atom. The Balaban J connectivity index is 1.70. The number of esters is 1. The number of nitrogens with zero attached hydrogens (tertiary/aromatic N) is 2. The lowest BCUT2D eigenvalue weighted by Gasteiger charge is -2.26. The zero-order valence-electron chi connectivity index (χ0n) is 20.0. The molecule has 39 heavy (non-hydrogen) atoms. The van der Waals surface area contributed by atoms with Gasteiger partial charge in [-0.15, -0.1) is 0 Å². The number of carbonyl (C=O) groups is 1. The van der Waals surface area contributed by atoms with Gasteiger partial charge in [-0.05, 0) is 48.9 Å². The molecular weight excluding hydrogens is 621 g/mol. The van der Waals surface area contributed by atoms with Crippen molar-refractivity contribution in [1.29, 1.82) is 0 Å². The van der Waals surface area contributed by atoms with Gasteiger partial charge in [0, 0.05) is 21.1 Å². The molecule has 0 spiro atoms. The monoisotopic (exact) mass is 636 g/mol. The molecule has 0 radical (unpaired) electrons. The quantitative estimate of drug-likeness (QED) is 0.251. The van der Waals surface area contributed by atoms with E-state index >= 15 is 0 Å². The van der Waals surface area contributed by atoms with Crippen molar-refractivity contribution in [3.63, 3.8) is 0 Å². The number of allylic oxidation sites excluding steroid dienone is 1. The lowest BCUT2D eigenvalue weighted by atomic mass is 9.95. The minimum atomic E-state index is -4.98. The van der Waals surface area contributed by atoms with Gasteiger partial charge in [-0.1, -0.05) is 63.1 Å². The lowest BCUT2D eigenvalue weighted by molar-refractivity contribution is -0.140. The third-order valence-corrected chi connectivity index (χ3v) is 7.57. The number of carbonyl (C=O) groups excluding carboxylic acids is 1. The van der Waals surface area contributed by atoms with Crippen LogP contribution in [0.5, 0.6) is 0 Å². The molecule has 12 heteroatoms. The number of furan rings is 1. The summed E-state index contributed by atoms with van der Waals surface area (Å²) in [7, 11) is 0. The Labute approximate surface area is 236 Å². The smallest absolute Gasteiger partial charge is 0.434 e. The van der Waals surface area contributed by atoms with Crippen molar-refractivity contribution in [1.82, 2.24) is 4.57 Å². The molecule has 0 N–H and O–H groups in total. The number of alkyl halides is 3. The van der Waals surface area contributed by atoms with E-state index in [2.05, 4.69) is 20.9 Å². The first-order valence-electron chi connectivity index (χ1n) is 11.5. The second kappa shape index (κ2) is 10.6. The minimum absolute atomic E-state index is 0.0797. The lowest BCUT2D eigenvalue weighted by Crippen LogP contribution is -2.41. The van der Waals surface area contributed by atoms with Crippen molar-refractivity contribution in [2.75, 3.05) is 6.61 Å². The summed E-state index contributed by atoms with van der Waals surface area (Å²) < 4.78 is 55.5. The number of thiazole rings is 1. The fraction of sp³-hybridized carbons (Fsp3) is 0.148. The van der Waals surface area contributed by atoms with Gasteiger partial charge in [-0.3, -0.25) is 9.36 Å². The van der Waals surface area contributed by atoms with E-state index in [0.717, 1.165) is 25.9 Å². The van der Waals surface area contributed by atoms with Crippen molar-refractivity contribution in [2.24, 2.45) is 4.99 Å². The normalized spacial score (nSPS) is 15.7. The summed E-state index contributed by atoms with van der Waals surface area (Å²) in [5.41, 5.74) is -1.79. The van der Waals surface area contributed by atoms with Gasteiger partial charge in [0.25, 0.3) is 5.56 Å². The highest BCUT2D eigenvalue weighted by atomic mass is 79.9. The van der Waals surface area contributed by atoms with Crippen LogP contribution < -0.4 is 14.9 Å². The molecule has 4 aromatic rings. The van der Waals surface area contributed by atoms with Crippen molar-refractivity contribution in [2.45, 2.75) is 19.1 Å². The van der Waals surface area contributed by atoms with E-state index in [1.54, 1.807) is 12.1 Å². The number of hydrogen-bond donors (Lipinski definition) is 0. The second-order valence-electron chi connectivity index (χ2n) is 8.32. The van der Waals surface area contributed by atoms with Gasteiger partial charge in [0.1, 0.15) is 11.5 Å². The van der Waals surface area contributed by atoms with Crippen LogP contribution in [0.3, 0.4) is 0 Å². The Morgan fingerprint density at radius 2 is 1.85 bits per heavy atom. The van der Waals surface area contributed by atoms with Crippen molar-refractivity contribution >= 4 is 50.9 Å². The van der Waals surface area contributed by atoms with E-state index in [-0.39, 0.29) is 21.5 Å². The predicted molar refractivity (Wildman–Crippen MR) is 144 cm³/mol. The Hall–Kier alpha value is -3.41. The van der Waals surface area contributed by atoms with Crippen LogP contribution in [0, 0.1) is 0 Å². The fourth-order valence-corrected chi connectivity index (χ4v) is 5.50. The van der Waals surface area contributed by atoms with Gasteiger partial charge < -0.3 is 9.15 Å². The van der Waals surface area contributed by atoms with Gasteiger partial charge in [0.05, 0.1) is 22.8 Å². The molecule has 0 fully saturated rings. The maximum Gasteiger partial charge on any atom is 0.434 e. The average molecular weight is 638 g/mol. The maximum atomic E-state index is 14.2. The Bertz CT molecular complexity index is 1770. The number of ether oxygens (including phenoxy) is 1. The van der Waals surface area contributed by atoms with E-state index in [1.807, 2.05) is 24.3 Å². The highest BCUT2D eigenvalue weighted by Crippen LogP contribution is 2.38. The van der Waals surface area contributed by atoms with Gasteiger partial charge >= 0.3 is 12.1 Å². The molecule has 3 heterocycles. The second-order valence-corrected chi connectivity index (χ2v) is 10.7. The summed E-state index contributed by atoms with van der Waals surface area (Å²) in [4.78, 5) is 30.0. The molecule has 5 rings (SSSR count). The molecule has 0 saturated carbocycles. The van der Waals surface area contributed by atoms with E-state index in [0.29, 0.717) is 16.5 Å². The zero-order chi connectivity index (χ0) is 27.9. The first kappa shape index (κ1) is 27.2. The van der Waals surface area contributed by atoms with Gasteiger partial charge in [-0.2, -0.15) is 13.2 Å². The average Bonchev–Trinajstić information content (AvgIpc) is 3.48. The Kier molecular flexibility index (Phi) is 7.41. The van der Waals surface area contributed by atoms with Gasteiger partial charge in [-0.25, -0.2) is 9.79 Å². The summed E-state index contributed by atoms with van der Waals surface area (Å²) in [6.45, 7) is 1.31. The molecule has 0 amide bonds. The van der Waals surface area contributed by atoms with E-state index in [4.69, 9.17) is 20.8 Å². The molecule has 0 unspecified atom stereocenters. The third kappa shape index (κ3) is 5.39. The SMILES string of the molecule is CCOC(=O)C1=C(C(F)(F)F)N=c2s/c(=C\c3ccc(-c4ccc(Br)cc4)o3)c(=O)n2[C@@H]1c1ccc(Cl)cc1. The molecule has 6 nitrogen and oxygen atoms in total. The molecular formula is C27H17BrClF3N2O4S. The molecule has 0 saturated heterocycles. The van der Waals surface area contributed by atoms with Gasteiger partial charge in [0.15, 0.2) is 10.5 Å². The molecule has 1 aliphatic rings. The van der Waals surface area contributed by atoms with Crippen LogP contribution in [0.2, 0.25) is 5.02 Å². The largest absolute Gasteiger partial charge is 0.463 e. The Morgan fingerprint density at radius 3 is 2.49 bits per heavy atom. The number of rotatable bonds is 5. The minimum Gasteiger partial charge on any atom is -0.463 e. The summed E-state index contributed by atoms with van der Waals surface area (Å²) in [5, 5.41) is 0.336. The first-order chi connectivity index (χ1) is 18.6.